The second-order valence-electron chi connectivity index (χ2n) is 4.85. The maximum atomic E-state index is 11.0. The van der Waals surface area contributed by atoms with E-state index in [4.69, 9.17) is 5.11 Å². The number of nitrogens with zero attached hydrogens (tertiary/aromatic N) is 6. The maximum Gasteiger partial charge on any atom is 0.320 e. The van der Waals surface area contributed by atoms with Crippen LogP contribution in [0.1, 0.15) is 6.92 Å². The highest BCUT2D eigenvalue weighted by molar-refractivity contribution is 5.73. The summed E-state index contributed by atoms with van der Waals surface area (Å²) in [5, 5.41) is 17.0. The standard InChI is InChI=1S/C12H16N6O2/c1-9(12(19)20)16-4-6-17(7-5-16)10-11-15-14-8-18(11)3-2-13-10/h2-3,8-9H,4-7H2,1H3,(H,19,20). The van der Waals surface area contributed by atoms with Gasteiger partial charge in [-0.1, -0.05) is 0 Å². The summed E-state index contributed by atoms with van der Waals surface area (Å²) in [6, 6.07) is -0.450. The Kier molecular flexibility index (Phi) is 3.23. The number of hydrogen-bond acceptors (Lipinski definition) is 6. The van der Waals surface area contributed by atoms with Crippen molar-refractivity contribution in [1.82, 2.24) is 24.5 Å². The minimum Gasteiger partial charge on any atom is -0.480 e. The molecule has 1 atom stereocenters. The average Bonchev–Trinajstić information content (AvgIpc) is 2.95. The molecule has 0 saturated carbocycles. The molecular formula is C12H16N6O2. The zero-order valence-corrected chi connectivity index (χ0v) is 11.2. The van der Waals surface area contributed by atoms with Gasteiger partial charge in [0.25, 0.3) is 0 Å². The fraction of sp³-hybridized carbons (Fsp3) is 0.500. The van der Waals surface area contributed by atoms with E-state index in [9.17, 15) is 4.79 Å². The first-order valence-electron chi connectivity index (χ1n) is 6.53. The number of rotatable bonds is 3. The van der Waals surface area contributed by atoms with Gasteiger partial charge in [0.05, 0.1) is 0 Å². The van der Waals surface area contributed by atoms with Crippen molar-refractivity contribution in [2.75, 3.05) is 31.1 Å². The number of hydrogen-bond donors (Lipinski definition) is 1. The average molecular weight is 276 g/mol. The molecule has 2 aromatic rings. The van der Waals surface area contributed by atoms with Crippen molar-refractivity contribution in [2.45, 2.75) is 13.0 Å². The monoisotopic (exact) mass is 276 g/mol. The molecule has 0 bridgehead atoms. The lowest BCUT2D eigenvalue weighted by Gasteiger charge is -2.37. The fourth-order valence-electron chi connectivity index (χ4n) is 2.45. The Hall–Kier alpha value is -2.22. The van der Waals surface area contributed by atoms with E-state index in [0.29, 0.717) is 13.1 Å². The molecule has 106 valence electrons. The van der Waals surface area contributed by atoms with E-state index in [1.165, 1.54) is 0 Å². The number of aromatic nitrogens is 4. The van der Waals surface area contributed by atoms with Crippen molar-refractivity contribution in [2.24, 2.45) is 0 Å². The Bertz CT molecular complexity index is 619. The molecule has 0 radical (unpaired) electrons. The lowest BCUT2D eigenvalue weighted by Crippen LogP contribution is -2.52. The van der Waals surface area contributed by atoms with Crippen LogP contribution in [0.5, 0.6) is 0 Å². The maximum absolute atomic E-state index is 11.0. The van der Waals surface area contributed by atoms with E-state index in [2.05, 4.69) is 20.1 Å². The minimum atomic E-state index is -0.781. The van der Waals surface area contributed by atoms with Crippen molar-refractivity contribution in [3.05, 3.63) is 18.7 Å². The lowest BCUT2D eigenvalue weighted by molar-refractivity contribution is -0.142. The highest BCUT2D eigenvalue weighted by atomic mass is 16.4. The lowest BCUT2D eigenvalue weighted by atomic mass is 10.2. The summed E-state index contributed by atoms with van der Waals surface area (Å²) in [7, 11) is 0. The zero-order valence-electron chi connectivity index (χ0n) is 11.2. The first-order valence-corrected chi connectivity index (χ1v) is 6.53. The third-order valence-electron chi connectivity index (χ3n) is 3.72. The van der Waals surface area contributed by atoms with Gasteiger partial charge in [0, 0.05) is 38.6 Å². The summed E-state index contributed by atoms with van der Waals surface area (Å²) in [5.41, 5.74) is 0.729. The third kappa shape index (κ3) is 2.18. The smallest absolute Gasteiger partial charge is 0.320 e. The second kappa shape index (κ2) is 5.04. The highest BCUT2D eigenvalue weighted by Crippen LogP contribution is 2.18. The molecule has 8 heteroatoms. The molecule has 0 amide bonds. The summed E-state index contributed by atoms with van der Waals surface area (Å²) in [6.07, 6.45) is 5.17. The molecule has 1 N–H and O–H groups in total. The second-order valence-corrected chi connectivity index (χ2v) is 4.85. The fourth-order valence-corrected chi connectivity index (χ4v) is 2.45. The summed E-state index contributed by atoms with van der Waals surface area (Å²) in [6.45, 7) is 4.58. The van der Waals surface area contributed by atoms with Gasteiger partial charge in [-0.15, -0.1) is 10.2 Å². The quantitative estimate of drug-likeness (QED) is 0.825. The Morgan fingerprint density at radius 2 is 2.10 bits per heavy atom. The first-order chi connectivity index (χ1) is 9.66. The molecule has 1 aliphatic heterocycles. The van der Waals surface area contributed by atoms with Gasteiger partial charge >= 0.3 is 5.97 Å². The number of anilines is 1. The molecule has 1 fully saturated rings. The van der Waals surface area contributed by atoms with Crippen LogP contribution in [0, 0.1) is 0 Å². The van der Waals surface area contributed by atoms with Crippen LogP contribution in [0.3, 0.4) is 0 Å². The third-order valence-corrected chi connectivity index (χ3v) is 3.72. The molecule has 1 aliphatic rings. The van der Waals surface area contributed by atoms with E-state index in [-0.39, 0.29) is 0 Å². The molecule has 3 rings (SSSR count). The van der Waals surface area contributed by atoms with E-state index in [0.717, 1.165) is 24.6 Å². The number of fused-ring (bicyclic) bond motifs is 1. The molecule has 0 spiro atoms. The van der Waals surface area contributed by atoms with E-state index in [1.54, 1.807) is 19.4 Å². The predicted molar refractivity (Wildman–Crippen MR) is 71.7 cm³/mol. The highest BCUT2D eigenvalue weighted by Gasteiger charge is 2.26. The van der Waals surface area contributed by atoms with Crippen molar-refractivity contribution < 1.29 is 9.90 Å². The molecule has 1 saturated heterocycles. The normalized spacial score (nSPS) is 18.4. The van der Waals surface area contributed by atoms with E-state index >= 15 is 0 Å². The number of carboxylic acids is 1. The summed E-state index contributed by atoms with van der Waals surface area (Å²) < 4.78 is 1.83. The Morgan fingerprint density at radius 3 is 2.80 bits per heavy atom. The molecule has 0 aliphatic carbocycles. The van der Waals surface area contributed by atoms with Gasteiger partial charge < -0.3 is 10.0 Å². The van der Waals surface area contributed by atoms with Crippen LogP contribution in [0.4, 0.5) is 5.82 Å². The summed E-state index contributed by atoms with van der Waals surface area (Å²) >= 11 is 0. The Morgan fingerprint density at radius 1 is 1.35 bits per heavy atom. The molecule has 8 nitrogen and oxygen atoms in total. The topological polar surface area (TPSA) is 86.9 Å². The molecule has 1 unspecified atom stereocenters. The predicted octanol–water partition coefficient (Wildman–Crippen LogP) is -0.281. The van der Waals surface area contributed by atoms with Crippen LogP contribution in [-0.4, -0.2) is 67.8 Å². The minimum absolute atomic E-state index is 0.450. The van der Waals surface area contributed by atoms with Crippen LogP contribution in [0.15, 0.2) is 18.7 Å². The molecular weight excluding hydrogens is 260 g/mol. The van der Waals surface area contributed by atoms with Crippen LogP contribution in [0.25, 0.3) is 5.65 Å². The van der Waals surface area contributed by atoms with Crippen LogP contribution in [-0.2, 0) is 4.79 Å². The van der Waals surface area contributed by atoms with Crippen LogP contribution in [0.2, 0.25) is 0 Å². The van der Waals surface area contributed by atoms with Crippen molar-refractivity contribution >= 4 is 17.4 Å². The van der Waals surface area contributed by atoms with Crippen LogP contribution >= 0.6 is 0 Å². The van der Waals surface area contributed by atoms with Crippen molar-refractivity contribution in [3.63, 3.8) is 0 Å². The van der Waals surface area contributed by atoms with Crippen molar-refractivity contribution in [3.8, 4) is 0 Å². The number of carboxylic acid groups (broad SMARTS) is 1. The van der Waals surface area contributed by atoms with E-state index in [1.807, 2.05) is 15.5 Å². The zero-order chi connectivity index (χ0) is 14.1. The summed E-state index contributed by atoms with van der Waals surface area (Å²) in [5.74, 6) is 0.0174. The number of aliphatic carboxylic acids is 1. The van der Waals surface area contributed by atoms with Gasteiger partial charge in [0.15, 0.2) is 5.82 Å². The summed E-state index contributed by atoms with van der Waals surface area (Å²) in [4.78, 5) is 19.5. The van der Waals surface area contributed by atoms with Gasteiger partial charge in [0.1, 0.15) is 12.4 Å². The van der Waals surface area contributed by atoms with Gasteiger partial charge in [-0.3, -0.25) is 14.1 Å². The molecule has 2 aromatic heterocycles. The first kappa shape index (κ1) is 12.8. The van der Waals surface area contributed by atoms with Gasteiger partial charge in [-0.25, -0.2) is 4.98 Å². The molecule has 0 aromatic carbocycles. The van der Waals surface area contributed by atoms with E-state index < -0.39 is 12.0 Å². The van der Waals surface area contributed by atoms with Crippen LogP contribution < -0.4 is 4.90 Å². The Labute approximate surface area is 115 Å². The Balaban J connectivity index is 1.75. The van der Waals surface area contributed by atoms with Gasteiger partial charge in [-0.05, 0) is 6.92 Å². The van der Waals surface area contributed by atoms with Crippen molar-refractivity contribution in [1.29, 1.82) is 0 Å². The van der Waals surface area contributed by atoms with Gasteiger partial charge in [0.2, 0.25) is 5.65 Å². The molecule has 3 heterocycles. The van der Waals surface area contributed by atoms with Gasteiger partial charge in [-0.2, -0.15) is 0 Å². The number of piperazine rings is 1. The largest absolute Gasteiger partial charge is 0.480 e. The SMILES string of the molecule is CC(C(=O)O)N1CCN(c2nccn3cnnc23)CC1. The number of carbonyl (C=O) groups is 1. The molecule has 20 heavy (non-hydrogen) atoms.